The van der Waals surface area contributed by atoms with Crippen LogP contribution in [0.15, 0.2) is 0 Å². The third-order valence-electron chi connectivity index (χ3n) is 1.48. The first-order valence-electron chi connectivity index (χ1n) is 3.67. The van der Waals surface area contributed by atoms with Crippen molar-refractivity contribution in [2.75, 3.05) is 12.0 Å². The number of carbonyl (C=O) groups is 2. The molecule has 13 heavy (non-hydrogen) atoms. The number of hydrogen-bond donors (Lipinski definition) is 1. The predicted octanol–water partition coefficient (Wildman–Crippen LogP) is 1.11. The molecule has 0 aromatic rings. The van der Waals surface area contributed by atoms with Crippen LogP contribution < -0.4 is 0 Å². The normalized spacial score (nSPS) is 12.3. The summed E-state index contributed by atoms with van der Waals surface area (Å²) in [6, 6.07) is -0.924. The van der Waals surface area contributed by atoms with E-state index in [0.717, 1.165) is 0 Å². The molecule has 76 valence electrons. The van der Waals surface area contributed by atoms with Crippen molar-refractivity contribution in [1.29, 1.82) is 0 Å². The molecule has 0 unspecified atom stereocenters. The molecule has 0 rings (SSSR count). The summed E-state index contributed by atoms with van der Waals surface area (Å²) in [6.07, 6.45) is 2.23. The Morgan fingerprint density at radius 3 is 2.46 bits per heavy atom. The number of hydrogen-bond acceptors (Lipinski definition) is 4. The molecule has 0 radical (unpaired) electrons. The summed E-state index contributed by atoms with van der Waals surface area (Å²) in [7, 11) is 0. The highest BCUT2D eigenvalue weighted by Crippen LogP contribution is 2.09. The van der Waals surface area contributed by atoms with Gasteiger partial charge in [-0.25, -0.2) is 5.06 Å². The van der Waals surface area contributed by atoms with Crippen molar-refractivity contribution in [3.8, 4) is 0 Å². The van der Waals surface area contributed by atoms with Crippen molar-refractivity contribution in [2.24, 2.45) is 0 Å². The Balaban J connectivity index is 4.24. The standard InChI is InChI=1S/C7H12ClNO3S/c1-5(10)9(12)6(7(8)11)3-4-13-2/h6,12H,3-4H2,1-2H3/t6-/m0/s1. The van der Waals surface area contributed by atoms with Crippen LogP contribution >= 0.6 is 23.4 Å². The zero-order valence-corrected chi connectivity index (χ0v) is 9.06. The Labute approximate surface area is 86.2 Å². The van der Waals surface area contributed by atoms with Crippen LogP contribution in [0, 0.1) is 0 Å². The Morgan fingerprint density at radius 1 is 1.62 bits per heavy atom. The molecule has 0 aromatic heterocycles. The van der Waals surface area contributed by atoms with E-state index in [-0.39, 0.29) is 0 Å². The van der Waals surface area contributed by atoms with Crippen molar-refractivity contribution in [3.63, 3.8) is 0 Å². The molecule has 0 bridgehead atoms. The van der Waals surface area contributed by atoms with Crippen LogP contribution in [-0.4, -0.2) is 39.5 Å². The number of nitrogens with zero attached hydrogens (tertiary/aromatic N) is 1. The lowest BCUT2D eigenvalue weighted by Gasteiger charge is -2.20. The minimum atomic E-state index is -0.924. The van der Waals surface area contributed by atoms with Crippen LogP contribution in [0.4, 0.5) is 0 Å². The molecule has 0 aromatic carbocycles. The van der Waals surface area contributed by atoms with Gasteiger partial charge in [0.1, 0.15) is 6.04 Å². The molecular weight excluding hydrogens is 214 g/mol. The largest absolute Gasteiger partial charge is 0.285 e. The molecule has 0 saturated carbocycles. The fraction of sp³-hybridized carbons (Fsp3) is 0.714. The lowest BCUT2D eigenvalue weighted by atomic mass is 10.2. The maximum Gasteiger partial charge on any atom is 0.246 e. The quantitative estimate of drug-likeness (QED) is 0.433. The monoisotopic (exact) mass is 225 g/mol. The molecule has 0 heterocycles. The molecule has 1 amide bonds. The first kappa shape index (κ1) is 12.7. The maximum absolute atomic E-state index is 10.8. The van der Waals surface area contributed by atoms with Gasteiger partial charge in [-0.15, -0.1) is 0 Å². The number of thioether (sulfide) groups is 1. The van der Waals surface area contributed by atoms with Gasteiger partial charge in [-0.2, -0.15) is 11.8 Å². The van der Waals surface area contributed by atoms with Crippen LogP contribution in [0.1, 0.15) is 13.3 Å². The van der Waals surface area contributed by atoms with Crippen molar-refractivity contribution in [1.82, 2.24) is 5.06 Å². The highest BCUT2D eigenvalue weighted by molar-refractivity contribution is 7.98. The average molecular weight is 226 g/mol. The van der Waals surface area contributed by atoms with Gasteiger partial charge in [-0.1, -0.05) is 0 Å². The predicted molar refractivity (Wildman–Crippen MR) is 52.0 cm³/mol. The van der Waals surface area contributed by atoms with E-state index in [1.807, 2.05) is 6.26 Å². The van der Waals surface area contributed by atoms with E-state index in [0.29, 0.717) is 17.2 Å². The number of hydroxylamine groups is 2. The second kappa shape index (κ2) is 6.23. The van der Waals surface area contributed by atoms with Crippen molar-refractivity contribution in [2.45, 2.75) is 19.4 Å². The van der Waals surface area contributed by atoms with Crippen LogP contribution in [0.2, 0.25) is 0 Å². The Bertz CT molecular complexity index is 200. The van der Waals surface area contributed by atoms with Gasteiger partial charge < -0.3 is 0 Å². The molecule has 0 fully saturated rings. The maximum atomic E-state index is 10.8. The third-order valence-corrected chi connectivity index (χ3v) is 2.37. The van der Waals surface area contributed by atoms with Crippen molar-refractivity contribution >= 4 is 34.5 Å². The van der Waals surface area contributed by atoms with Gasteiger partial charge in [0.15, 0.2) is 0 Å². The minimum absolute atomic E-state index is 0.361. The van der Waals surface area contributed by atoms with E-state index in [9.17, 15) is 9.59 Å². The minimum Gasteiger partial charge on any atom is -0.285 e. The molecule has 0 aliphatic heterocycles. The van der Waals surface area contributed by atoms with Crippen LogP contribution in [0.3, 0.4) is 0 Å². The molecule has 0 saturated heterocycles. The second-order valence-corrected chi connectivity index (χ2v) is 3.82. The Hall–Kier alpha value is -0.260. The fourth-order valence-electron chi connectivity index (χ4n) is 0.781. The van der Waals surface area contributed by atoms with Gasteiger partial charge in [0, 0.05) is 6.92 Å². The fourth-order valence-corrected chi connectivity index (χ4v) is 1.44. The average Bonchev–Trinajstić information content (AvgIpc) is 2.04. The van der Waals surface area contributed by atoms with E-state index in [1.54, 1.807) is 0 Å². The third kappa shape index (κ3) is 4.50. The summed E-state index contributed by atoms with van der Waals surface area (Å²) in [5, 5.41) is 8.82. The van der Waals surface area contributed by atoms with Gasteiger partial charge in [0.05, 0.1) is 0 Å². The van der Waals surface area contributed by atoms with Crippen LogP contribution in [-0.2, 0) is 9.59 Å². The van der Waals surface area contributed by atoms with Crippen LogP contribution in [0.5, 0.6) is 0 Å². The van der Waals surface area contributed by atoms with E-state index >= 15 is 0 Å². The Morgan fingerprint density at radius 2 is 2.15 bits per heavy atom. The van der Waals surface area contributed by atoms with Crippen molar-refractivity contribution < 1.29 is 14.8 Å². The number of rotatable bonds is 5. The lowest BCUT2D eigenvalue weighted by Crippen LogP contribution is -2.40. The first-order valence-corrected chi connectivity index (χ1v) is 5.44. The summed E-state index contributed by atoms with van der Waals surface area (Å²) in [4.78, 5) is 21.5. The van der Waals surface area contributed by atoms with Gasteiger partial charge in [-0.05, 0) is 30.0 Å². The second-order valence-electron chi connectivity index (χ2n) is 2.46. The first-order chi connectivity index (χ1) is 6.00. The highest BCUT2D eigenvalue weighted by atomic mass is 35.5. The molecular formula is C7H12ClNO3S. The van der Waals surface area contributed by atoms with Gasteiger partial charge in [0.25, 0.3) is 0 Å². The molecule has 1 N–H and O–H groups in total. The summed E-state index contributed by atoms with van der Waals surface area (Å²) >= 11 is 6.73. The van der Waals surface area contributed by atoms with Crippen LogP contribution in [0.25, 0.3) is 0 Å². The number of amides is 1. The number of carbonyl (C=O) groups excluding carboxylic acids is 2. The molecule has 0 spiro atoms. The molecule has 4 nitrogen and oxygen atoms in total. The molecule has 0 aliphatic rings. The summed E-state index contributed by atoms with van der Waals surface area (Å²) in [5.74, 6) is 0.0769. The zero-order chi connectivity index (χ0) is 10.4. The van der Waals surface area contributed by atoms with E-state index < -0.39 is 17.2 Å². The van der Waals surface area contributed by atoms with Gasteiger partial charge in [-0.3, -0.25) is 14.8 Å². The number of halogens is 1. The molecule has 6 heteroatoms. The lowest BCUT2D eigenvalue weighted by molar-refractivity contribution is -0.175. The SMILES string of the molecule is CSCC[C@@H](C(=O)Cl)N(O)C(C)=O. The summed E-state index contributed by atoms with van der Waals surface area (Å²) in [6.45, 7) is 1.17. The van der Waals surface area contributed by atoms with E-state index in [2.05, 4.69) is 0 Å². The smallest absolute Gasteiger partial charge is 0.246 e. The topological polar surface area (TPSA) is 57.6 Å². The van der Waals surface area contributed by atoms with E-state index in [1.165, 1.54) is 18.7 Å². The molecule has 0 aliphatic carbocycles. The Kier molecular flexibility index (Phi) is 6.11. The van der Waals surface area contributed by atoms with Crippen molar-refractivity contribution in [3.05, 3.63) is 0 Å². The summed E-state index contributed by atoms with van der Waals surface area (Å²) < 4.78 is 0. The zero-order valence-electron chi connectivity index (χ0n) is 7.49. The summed E-state index contributed by atoms with van der Waals surface area (Å²) in [5.41, 5.74) is 0. The highest BCUT2D eigenvalue weighted by Gasteiger charge is 2.24. The van der Waals surface area contributed by atoms with Gasteiger partial charge >= 0.3 is 0 Å². The molecule has 1 atom stereocenters. The van der Waals surface area contributed by atoms with E-state index in [4.69, 9.17) is 16.8 Å². The van der Waals surface area contributed by atoms with Gasteiger partial charge in [0.2, 0.25) is 11.1 Å².